The van der Waals surface area contributed by atoms with Crippen LogP contribution in [0.3, 0.4) is 0 Å². The molecular weight excluding hydrogens is 332 g/mol. The van der Waals surface area contributed by atoms with Crippen molar-refractivity contribution in [1.29, 1.82) is 0 Å². The first-order valence-electron chi connectivity index (χ1n) is 8.54. The highest BCUT2D eigenvalue weighted by molar-refractivity contribution is 5.73. The van der Waals surface area contributed by atoms with Crippen molar-refractivity contribution in [3.05, 3.63) is 53.6 Å². The molecule has 140 valence electrons. The van der Waals surface area contributed by atoms with Crippen molar-refractivity contribution in [1.82, 2.24) is 10.6 Å². The summed E-state index contributed by atoms with van der Waals surface area (Å²) in [5.41, 5.74) is 2.24. The number of carbonyl (C=O) groups is 1. The van der Waals surface area contributed by atoms with Crippen LogP contribution in [0.15, 0.2) is 42.5 Å². The fourth-order valence-electron chi connectivity index (χ4n) is 2.39. The minimum Gasteiger partial charge on any atom is -0.497 e. The molecule has 6 heteroatoms. The van der Waals surface area contributed by atoms with Gasteiger partial charge in [-0.25, -0.2) is 4.79 Å². The number of hydrogen-bond donors (Lipinski definition) is 2. The summed E-state index contributed by atoms with van der Waals surface area (Å²) in [7, 11) is 3.25. The van der Waals surface area contributed by atoms with Crippen molar-refractivity contribution < 1.29 is 19.0 Å². The molecule has 0 atom stereocenters. The predicted molar refractivity (Wildman–Crippen MR) is 101 cm³/mol. The van der Waals surface area contributed by atoms with Crippen LogP contribution in [0.1, 0.15) is 11.1 Å². The third kappa shape index (κ3) is 6.20. The largest absolute Gasteiger partial charge is 0.497 e. The van der Waals surface area contributed by atoms with E-state index in [-0.39, 0.29) is 6.03 Å². The van der Waals surface area contributed by atoms with Gasteiger partial charge in [0.2, 0.25) is 0 Å². The van der Waals surface area contributed by atoms with E-state index < -0.39 is 0 Å². The molecule has 26 heavy (non-hydrogen) atoms. The van der Waals surface area contributed by atoms with Crippen molar-refractivity contribution in [3.63, 3.8) is 0 Å². The number of benzene rings is 2. The van der Waals surface area contributed by atoms with E-state index in [1.165, 1.54) is 0 Å². The SMILES string of the molecule is COc1ccc(CCNC(=O)NCCOc2ccc(C)cc2OC)cc1. The first-order valence-corrected chi connectivity index (χ1v) is 8.54. The standard InChI is InChI=1S/C20H26N2O4/c1-15-4-9-18(19(14-15)25-3)26-13-12-22-20(23)21-11-10-16-5-7-17(24-2)8-6-16/h4-9,14H,10-13H2,1-3H3,(H2,21,22,23). The summed E-state index contributed by atoms with van der Waals surface area (Å²) in [4.78, 5) is 11.8. The van der Waals surface area contributed by atoms with Gasteiger partial charge in [0.25, 0.3) is 0 Å². The molecule has 2 aromatic rings. The van der Waals surface area contributed by atoms with Gasteiger partial charge in [0.15, 0.2) is 11.5 Å². The van der Waals surface area contributed by atoms with Gasteiger partial charge in [0, 0.05) is 6.54 Å². The molecule has 2 rings (SSSR count). The number of aryl methyl sites for hydroxylation is 1. The monoisotopic (exact) mass is 358 g/mol. The highest BCUT2D eigenvalue weighted by Gasteiger charge is 2.05. The summed E-state index contributed by atoms with van der Waals surface area (Å²) < 4.78 is 16.1. The van der Waals surface area contributed by atoms with Gasteiger partial charge in [-0.05, 0) is 48.7 Å². The average Bonchev–Trinajstić information content (AvgIpc) is 2.66. The average molecular weight is 358 g/mol. The van der Waals surface area contributed by atoms with Crippen LogP contribution in [0.4, 0.5) is 4.79 Å². The van der Waals surface area contributed by atoms with E-state index in [2.05, 4.69) is 10.6 Å². The Morgan fingerprint density at radius 1 is 0.923 bits per heavy atom. The summed E-state index contributed by atoms with van der Waals surface area (Å²) >= 11 is 0. The number of amides is 2. The maximum Gasteiger partial charge on any atom is 0.314 e. The lowest BCUT2D eigenvalue weighted by molar-refractivity contribution is 0.235. The molecule has 0 radical (unpaired) electrons. The number of carbonyl (C=O) groups excluding carboxylic acids is 1. The van der Waals surface area contributed by atoms with Gasteiger partial charge in [-0.3, -0.25) is 0 Å². The normalized spacial score (nSPS) is 10.1. The molecule has 0 spiro atoms. The minimum absolute atomic E-state index is 0.210. The molecular formula is C20H26N2O4. The number of methoxy groups -OCH3 is 2. The van der Waals surface area contributed by atoms with Gasteiger partial charge in [0.1, 0.15) is 12.4 Å². The third-order valence-electron chi connectivity index (χ3n) is 3.82. The van der Waals surface area contributed by atoms with Crippen LogP contribution < -0.4 is 24.8 Å². The van der Waals surface area contributed by atoms with E-state index in [9.17, 15) is 4.79 Å². The first kappa shape index (κ1) is 19.4. The van der Waals surface area contributed by atoms with Crippen LogP contribution in [0.5, 0.6) is 17.2 Å². The number of hydrogen-bond acceptors (Lipinski definition) is 4. The van der Waals surface area contributed by atoms with E-state index in [4.69, 9.17) is 14.2 Å². The van der Waals surface area contributed by atoms with Crippen molar-refractivity contribution in [2.75, 3.05) is 33.9 Å². The smallest absolute Gasteiger partial charge is 0.314 e. The molecule has 0 saturated carbocycles. The summed E-state index contributed by atoms with van der Waals surface area (Å²) in [5, 5.41) is 5.60. The molecule has 0 aromatic heterocycles. The van der Waals surface area contributed by atoms with Crippen molar-refractivity contribution in [2.45, 2.75) is 13.3 Å². The lowest BCUT2D eigenvalue weighted by Crippen LogP contribution is -2.38. The van der Waals surface area contributed by atoms with Crippen LogP contribution in [0.25, 0.3) is 0 Å². The molecule has 0 heterocycles. The first-order chi connectivity index (χ1) is 12.6. The Hall–Kier alpha value is -2.89. The van der Waals surface area contributed by atoms with E-state index in [1.807, 2.05) is 49.4 Å². The van der Waals surface area contributed by atoms with E-state index >= 15 is 0 Å². The van der Waals surface area contributed by atoms with Gasteiger partial charge in [0.05, 0.1) is 20.8 Å². The summed E-state index contributed by atoms with van der Waals surface area (Å²) in [6, 6.07) is 13.3. The molecule has 2 amide bonds. The van der Waals surface area contributed by atoms with Crippen molar-refractivity contribution in [3.8, 4) is 17.2 Å². The number of urea groups is 1. The Balaban J connectivity index is 1.63. The van der Waals surface area contributed by atoms with Crippen molar-refractivity contribution >= 4 is 6.03 Å². The Bertz CT molecular complexity index is 701. The summed E-state index contributed by atoms with van der Waals surface area (Å²) in [6.07, 6.45) is 0.758. The van der Waals surface area contributed by atoms with Gasteiger partial charge in [-0.15, -0.1) is 0 Å². The molecule has 0 unspecified atom stereocenters. The van der Waals surface area contributed by atoms with Crippen LogP contribution >= 0.6 is 0 Å². The summed E-state index contributed by atoms with van der Waals surface area (Å²) in [6.45, 7) is 3.33. The number of nitrogens with one attached hydrogen (secondary N) is 2. The molecule has 2 N–H and O–H groups in total. The quantitative estimate of drug-likeness (QED) is 0.676. The molecule has 2 aromatic carbocycles. The van der Waals surface area contributed by atoms with Gasteiger partial charge in [-0.1, -0.05) is 18.2 Å². The zero-order valence-corrected chi connectivity index (χ0v) is 15.5. The highest BCUT2D eigenvalue weighted by Crippen LogP contribution is 2.27. The Labute approximate surface area is 154 Å². The molecule has 6 nitrogen and oxygen atoms in total. The maximum absolute atomic E-state index is 11.8. The molecule has 0 aliphatic heterocycles. The van der Waals surface area contributed by atoms with Crippen LogP contribution in [0, 0.1) is 6.92 Å². The highest BCUT2D eigenvalue weighted by atomic mass is 16.5. The fraction of sp³-hybridized carbons (Fsp3) is 0.350. The van der Waals surface area contributed by atoms with Crippen molar-refractivity contribution in [2.24, 2.45) is 0 Å². The van der Waals surface area contributed by atoms with Crippen LogP contribution in [0.2, 0.25) is 0 Å². The second kappa shape index (κ2) is 10.2. The lowest BCUT2D eigenvalue weighted by atomic mass is 10.1. The van der Waals surface area contributed by atoms with Crippen LogP contribution in [-0.4, -0.2) is 39.9 Å². The van der Waals surface area contributed by atoms with Gasteiger partial charge < -0.3 is 24.8 Å². The van der Waals surface area contributed by atoms with Gasteiger partial charge in [-0.2, -0.15) is 0 Å². The Morgan fingerprint density at radius 2 is 1.65 bits per heavy atom. The lowest BCUT2D eigenvalue weighted by Gasteiger charge is -2.12. The second-order valence-corrected chi connectivity index (χ2v) is 5.78. The van der Waals surface area contributed by atoms with E-state index in [0.29, 0.717) is 31.2 Å². The van der Waals surface area contributed by atoms with E-state index in [0.717, 1.165) is 23.3 Å². The molecule has 0 aliphatic carbocycles. The Kier molecular flexibility index (Phi) is 7.61. The third-order valence-corrected chi connectivity index (χ3v) is 3.82. The maximum atomic E-state index is 11.8. The van der Waals surface area contributed by atoms with E-state index in [1.54, 1.807) is 14.2 Å². The fourth-order valence-corrected chi connectivity index (χ4v) is 2.39. The minimum atomic E-state index is -0.210. The number of rotatable bonds is 9. The topological polar surface area (TPSA) is 68.8 Å². The summed E-state index contributed by atoms with van der Waals surface area (Å²) in [5.74, 6) is 2.18. The van der Waals surface area contributed by atoms with Gasteiger partial charge >= 0.3 is 6.03 Å². The molecule has 0 fully saturated rings. The van der Waals surface area contributed by atoms with Crippen LogP contribution in [-0.2, 0) is 6.42 Å². The number of ether oxygens (including phenoxy) is 3. The predicted octanol–water partition coefficient (Wildman–Crippen LogP) is 2.93. The zero-order chi connectivity index (χ0) is 18.8. The Morgan fingerprint density at radius 3 is 2.35 bits per heavy atom. The second-order valence-electron chi connectivity index (χ2n) is 5.78. The molecule has 0 saturated heterocycles. The molecule has 0 bridgehead atoms. The zero-order valence-electron chi connectivity index (χ0n) is 15.5. The molecule has 0 aliphatic rings.